The molecule has 10 heteroatoms. The third kappa shape index (κ3) is 4.91. The number of Topliss-reactive ketones (excluding diaryl/α,β-unsaturated/α-hetero) is 1. The van der Waals surface area contributed by atoms with Gasteiger partial charge in [-0.25, -0.2) is 4.39 Å². The Labute approximate surface area is 270 Å². The zero-order valence-corrected chi connectivity index (χ0v) is 26.0. The zero-order valence-electron chi connectivity index (χ0n) is 26.0. The number of nitrogens with zero attached hydrogens (tertiary/aromatic N) is 4. The van der Waals surface area contributed by atoms with E-state index in [-0.39, 0.29) is 52.6 Å². The van der Waals surface area contributed by atoms with Gasteiger partial charge in [0.2, 0.25) is 11.8 Å². The second kappa shape index (κ2) is 11.4. The molecule has 0 saturated carbocycles. The number of azo groups is 1. The highest BCUT2D eigenvalue weighted by atomic mass is 19.1. The molecule has 3 aromatic carbocycles. The summed E-state index contributed by atoms with van der Waals surface area (Å²) >= 11 is 0. The summed E-state index contributed by atoms with van der Waals surface area (Å²) in [5, 5.41) is 19.4. The fraction of sp³-hybridized carbons (Fsp3) is 0.243. The summed E-state index contributed by atoms with van der Waals surface area (Å²) < 4.78 is 14.6. The normalized spacial score (nSPS) is 23.9. The average Bonchev–Trinajstić information content (AvgIpc) is 3.32. The van der Waals surface area contributed by atoms with E-state index in [4.69, 9.17) is 0 Å². The molecule has 47 heavy (non-hydrogen) atoms. The SMILES string of the molecule is CC1=CC(=O)C2=C(C1=O)C(c1cccc(F)c1O)C1=CCC3C(=O)N(c4ccc(N=Nc5ccc(N(C)C)cc5)cc4)C(=O)C3C1C2. The molecule has 1 heterocycles. The van der Waals surface area contributed by atoms with Crippen LogP contribution in [0, 0.1) is 23.6 Å². The molecule has 236 valence electrons. The van der Waals surface area contributed by atoms with Gasteiger partial charge in [-0.15, -0.1) is 0 Å². The fourth-order valence-corrected chi connectivity index (χ4v) is 7.34. The van der Waals surface area contributed by atoms with E-state index < -0.39 is 41.1 Å². The number of fused-ring (bicyclic) bond motifs is 3. The molecule has 0 aromatic heterocycles. The van der Waals surface area contributed by atoms with Crippen molar-refractivity contribution in [1.82, 2.24) is 0 Å². The Balaban J connectivity index is 1.20. The van der Waals surface area contributed by atoms with Crippen molar-refractivity contribution in [2.45, 2.75) is 25.7 Å². The molecule has 9 nitrogen and oxygen atoms in total. The summed E-state index contributed by atoms with van der Waals surface area (Å²) in [6.45, 7) is 1.55. The minimum absolute atomic E-state index is 0.0883. The lowest BCUT2D eigenvalue weighted by atomic mass is 9.59. The van der Waals surface area contributed by atoms with Gasteiger partial charge in [0.1, 0.15) is 0 Å². The first-order chi connectivity index (χ1) is 22.5. The maximum absolute atomic E-state index is 14.6. The molecule has 1 aliphatic heterocycles. The Morgan fingerprint density at radius 2 is 1.53 bits per heavy atom. The van der Waals surface area contributed by atoms with Crippen molar-refractivity contribution >= 4 is 46.1 Å². The number of phenolic OH excluding ortho intramolecular Hbond substituents is 1. The fourth-order valence-electron chi connectivity index (χ4n) is 7.34. The lowest BCUT2D eigenvalue weighted by molar-refractivity contribution is -0.123. The van der Waals surface area contributed by atoms with Gasteiger partial charge in [-0.1, -0.05) is 23.8 Å². The quantitative estimate of drug-likeness (QED) is 0.146. The number of hydrogen-bond donors (Lipinski definition) is 1. The number of carbonyl (C=O) groups is 4. The summed E-state index contributed by atoms with van der Waals surface area (Å²) in [5.74, 6) is -5.93. The highest BCUT2D eigenvalue weighted by molar-refractivity contribution is 6.25. The van der Waals surface area contributed by atoms with Gasteiger partial charge in [0.15, 0.2) is 23.1 Å². The number of carbonyl (C=O) groups excluding carboxylic acids is 4. The third-order valence-corrected chi connectivity index (χ3v) is 9.65. The molecule has 0 bridgehead atoms. The minimum atomic E-state index is -0.929. The first-order valence-electron chi connectivity index (χ1n) is 15.4. The maximum atomic E-state index is 14.6. The topological polar surface area (TPSA) is 120 Å². The van der Waals surface area contributed by atoms with E-state index in [0.29, 0.717) is 22.6 Å². The first-order valence-corrected chi connectivity index (χ1v) is 15.4. The minimum Gasteiger partial charge on any atom is -0.505 e. The highest BCUT2D eigenvalue weighted by Crippen LogP contribution is 2.56. The molecule has 4 aliphatic rings. The van der Waals surface area contributed by atoms with Crippen LogP contribution in [0.25, 0.3) is 0 Å². The Bertz CT molecular complexity index is 1990. The molecule has 2 amide bonds. The van der Waals surface area contributed by atoms with Crippen LogP contribution < -0.4 is 9.80 Å². The molecule has 3 aromatic rings. The van der Waals surface area contributed by atoms with Crippen LogP contribution in [0.1, 0.15) is 31.2 Å². The van der Waals surface area contributed by atoms with Crippen molar-refractivity contribution in [3.05, 3.63) is 113 Å². The van der Waals surface area contributed by atoms with Crippen LogP contribution in [0.3, 0.4) is 0 Å². The smallest absolute Gasteiger partial charge is 0.238 e. The molecular weight excluding hydrogens is 599 g/mol. The number of imide groups is 1. The van der Waals surface area contributed by atoms with Gasteiger partial charge in [-0.2, -0.15) is 10.2 Å². The van der Waals surface area contributed by atoms with Gasteiger partial charge in [0.05, 0.1) is 28.9 Å². The first kappa shape index (κ1) is 30.2. The van der Waals surface area contributed by atoms with Crippen molar-refractivity contribution in [3.63, 3.8) is 0 Å². The van der Waals surface area contributed by atoms with E-state index in [9.17, 15) is 28.7 Å². The number of allylic oxidation sites excluding steroid dienone is 6. The van der Waals surface area contributed by atoms with Crippen molar-refractivity contribution in [1.29, 1.82) is 0 Å². The largest absolute Gasteiger partial charge is 0.505 e. The number of anilines is 2. The van der Waals surface area contributed by atoms with Crippen LogP contribution >= 0.6 is 0 Å². The van der Waals surface area contributed by atoms with Gasteiger partial charge in [0, 0.05) is 48.0 Å². The molecule has 3 aliphatic carbocycles. The van der Waals surface area contributed by atoms with E-state index in [1.165, 1.54) is 23.1 Å². The monoisotopic (exact) mass is 630 g/mol. The second-order valence-electron chi connectivity index (χ2n) is 12.5. The number of para-hydroxylation sites is 1. The molecular formula is C37H31FN4O5. The van der Waals surface area contributed by atoms with Crippen LogP contribution in [0.5, 0.6) is 5.75 Å². The molecule has 0 radical (unpaired) electrons. The molecule has 0 spiro atoms. The Kier molecular flexibility index (Phi) is 7.30. The lowest BCUT2D eigenvalue weighted by Crippen LogP contribution is -2.39. The molecule has 4 atom stereocenters. The third-order valence-electron chi connectivity index (χ3n) is 9.65. The zero-order chi connectivity index (χ0) is 33.1. The maximum Gasteiger partial charge on any atom is 0.238 e. The van der Waals surface area contributed by atoms with E-state index in [2.05, 4.69) is 10.2 Å². The van der Waals surface area contributed by atoms with Crippen LogP contribution in [0.4, 0.5) is 27.1 Å². The van der Waals surface area contributed by atoms with Gasteiger partial charge in [-0.05, 0) is 86.4 Å². The van der Waals surface area contributed by atoms with E-state index in [1.54, 1.807) is 31.2 Å². The summed E-state index contributed by atoms with van der Waals surface area (Å²) in [4.78, 5) is 57.9. The number of phenols is 1. The number of amides is 2. The summed E-state index contributed by atoms with van der Waals surface area (Å²) in [6.07, 6.45) is 3.43. The standard InChI is InChI=1S/C37H31FN4O5/c1-19-17-30(43)28-18-27-24(31(33(28)34(19)44)25-5-4-6-29(38)35(25)45)15-16-26-32(27)37(47)42(36(26)46)23-13-9-21(10-14-23)40-39-20-7-11-22(12-8-20)41(2)3/h4-15,17,26-27,31-32,45H,16,18H2,1-3H3. The van der Waals surface area contributed by atoms with Gasteiger partial charge >= 0.3 is 0 Å². The van der Waals surface area contributed by atoms with Gasteiger partial charge < -0.3 is 10.0 Å². The number of aromatic hydroxyl groups is 1. The van der Waals surface area contributed by atoms with Crippen LogP contribution in [-0.4, -0.2) is 42.6 Å². The highest BCUT2D eigenvalue weighted by Gasteiger charge is 2.56. The number of benzene rings is 3. The lowest BCUT2D eigenvalue weighted by Gasteiger charge is -2.42. The number of hydrogen-bond acceptors (Lipinski definition) is 8. The van der Waals surface area contributed by atoms with Crippen LogP contribution in [0.2, 0.25) is 0 Å². The number of ketones is 2. The van der Waals surface area contributed by atoms with E-state index in [0.717, 1.165) is 11.8 Å². The number of rotatable bonds is 5. The average molecular weight is 631 g/mol. The van der Waals surface area contributed by atoms with Crippen molar-refractivity contribution in [2.24, 2.45) is 28.0 Å². The predicted octanol–water partition coefficient (Wildman–Crippen LogP) is 6.65. The summed E-state index contributed by atoms with van der Waals surface area (Å²) in [6, 6.07) is 18.3. The van der Waals surface area contributed by atoms with Crippen molar-refractivity contribution < 1.29 is 28.7 Å². The van der Waals surface area contributed by atoms with Gasteiger partial charge in [0.25, 0.3) is 0 Å². The second-order valence-corrected chi connectivity index (χ2v) is 12.5. The molecule has 1 fully saturated rings. The molecule has 4 unspecified atom stereocenters. The van der Waals surface area contributed by atoms with Gasteiger partial charge in [-0.3, -0.25) is 24.1 Å². The number of halogens is 1. The van der Waals surface area contributed by atoms with Crippen molar-refractivity contribution in [2.75, 3.05) is 23.9 Å². The summed E-state index contributed by atoms with van der Waals surface area (Å²) in [5.41, 5.74) is 4.12. The molecule has 1 saturated heterocycles. The van der Waals surface area contributed by atoms with E-state index >= 15 is 0 Å². The van der Waals surface area contributed by atoms with E-state index in [1.807, 2.05) is 49.3 Å². The summed E-state index contributed by atoms with van der Waals surface area (Å²) in [7, 11) is 3.91. The van der Waals surface area contributed by atoms with Crippen LogP contribution in [0.15, 0.2) is 111 Å². The van der Waals surface area contributed by atoms with Crippen LogP contribution in [-0.2, 0) is 19.2 Å². The Morgan fingerprint density at radius 3 is 2.19 bits per heavy atom. The molecule has 1 N–H and O–H groups in total. The van der Waals surface area contributed by atoms with Crippen molar-refractivity contribution in [3.8, 4) is 5.75 Å². The predicted molar refractivity (Wildman–Crippen MR) is 173 cm³/mol. The molecule has 7 rings (SSSR count). The Morgan fingerprint density at radius 1 is 0.872 bits per heavy atom. The Hall–Kier alpha value is -5.51.